The third-order valence-corrected chi connectivity index (χ3v) is 3.35. The third-order valence-electron chi connectivity index (χ3n) is 3.12. The van der Waals surface area contributed by atoms with E-state index in [1.807, 2.05) is 42.5 Å². The summed E-state index contributed by atoms with van der Waals surface area (Å²) in [4.78, 5) is 15.6. The van der Waals surface area contributed by atoms with Crippen molar-refractivity contribution in [3.05, 3.63) is 65.2 Å². The summed E-state index contributed by atoms with van der Waals surface area (Å²) in [5, 5.41) is 1.69. The zero-order chi connectivity index (χ0) is 14.1. The van der Waals surface area contributed by atoms with Crippen LogP contribution in [0, 0.1) is 0 Å². The molecule has 20 heavy (non-hydrogen) atoms. The van der Waals surface area contributed by atoms with Crippen LogP contribution < -0.4 is 5.73 Å². The molecule has 98 valence electrons. The van der Waals surface area contributed by atoms with E-state index in [2.05, 4.69) is 4.98 Å². The van der Waals surface area contributed by atoms with Gasteiger partial charge in [-0.05, 0) is 36.4 Å². The number of carbonyl (C=O) groups is 1. The van der Waals surface area contributed by atoms with Gasteiger partial charge in [-0.1, -0.05) is 29.8 Å². The predicted octanol–water partition coefficient (Wildman–Crippen LogP) is 3.65. The Hall–Kier alpha value is -2.39. The lowest BCUT2D eigenvalue weighted by Crippen LogP contribution is -2.10. The molecule has 0 radical (unpaired) electrons. The first-order chi connectivity index (χ1) is 9.63. The van der Waals surface area contributed by atoms with Crippen LogP contribution in [0.3, 0.4) is 0 Å². The zero-order valence-electron chi connectivity index (χ0n) is 10.5. The Morgan fingerprint density at radius 1 is 1.00 bits per heavy atom. The van der Waals surface area contributed by atoms with Gasteiger partial charge in [0.15, 0.2) is 0 Å². The van der Waals surface area contributed by atoms with Crippen LogP contribution in [-0.2, 0) is 0 Å². The van der Waals surface area contributed by atoms with Crippen molar-refractivity contribution in [1.82, 2.24) is 4.98 Å². The van der Waals surface area contributed by atoms with E-state index < -0.39 is 5.91 Å². The van der Waals surface area contributed by atoms with E-state index in [1.54, 1.807) is 12.1 Å². The fourth-order valence-corrected chi connectivity index (χ4v) is 2.24. The number of nitrogens with zero attached hydrogens (tertiary/aromatic N) is 1. The number of rotatable bonds is 2. The summed E-state index contributed by atoms with van der Waals surface area (Å²) in [6.45, 7) is 0. The van der Waals surface area contributed by atoms with Crippen molar-refractivity contribution in [2.24, 2.45) is 5.73 Å². The fourth-order valence-electron chi connectivity index (χ4n) is 2.06. The molecular weight excluding hydrogens is 272 g/mol. The van der Waals surface area contributed by atoms with E-state index in [-0.39, 0.29) is 0 Å². The van der Waals surface area contributed by atoms with Crippen LogP contribution in [0.1, 0.15) is 10.4 Å². The van der Waals surface area contributed by atoms with Crippen LogP contribution in [0.25, 0.3) is 22.2 Å². The first-order valence-corrected chi connectivity index (χ1v) is 6.48. The Balaban J connectivity index is 2.05. The van der Waals surface area contributed by atoms with Gasteiger partial charge < -0.3 is 5.73 Å². The smallest absolute Gasteiger partial charge is 0.248 e. The second kappa shape index (κ2) is 4.94. The Bertz CT molecular complexity index is 797. The van der Waals surface area contributed by atoms with Crippen molar-refractivity contribution >= 4 is 28.4 Å². The van der Waals surface area contributed by atoms with Crippen molar-refractivity contribution in [3.8, 4) is 11.3 Å². The van der Waals surface area contributed by atoms with Gasteiger partial charge in [-0.25, -0.2) is 4.98 Å². The quantitative estimate of drug-likeness (QED) is 0.780. The largest absolute Gasteiger partial charge is 0.366 e. The van der Waals surface area contributed by atoms with Crippen LogP contribution in [0.5, 0.6) is 0 Å². The van der Waals surface area contributed by atoms with Gasteiger partial charge >= 0.3 is 0 Å². The number of aromatic nitrogens is 1. The van der Waals surface area contributed by atoms with E-state index >= 15 is 0 Å². The SMILES string of the molecule is NC(=O)c1ccc(-c2ccc3cc(Cl)ccc3n2)cc1. The summed E-state index contributed by atoms with van der Waals surface area (Å²) in [7, 11) is 0. The lowest BCUT2D eigenvalue weighted by molar-refractivity contribution is 0.100. The number of carbonyl (C=O) groups excluding carboxylic acids is 1. The number of pyridine rings is 1. The van der Waals surface area contributed by atoms with Crippen LogP contribution in [-0.4, -0.2) is 10.9 Å². The molecule has 4 heteroatoms. The van der Waals surface area contributed by atoms with Crippen LogP contribution in [0.4, 0.5) is 0 Å². The van der Waals surface area contributed by atoms with Gasteiger partial charge in [0.2, 0.25) is 5.91 Å². The topological polar surface area (TPSA) is 56.0 Å². The van der Waals surface area contributed by atoms with Crippen LogP contribution in [0.15, 0.2) is 54.6 Å². The number of primary amides is 1. The first kappa shape index (κ1) is 12.6. The summed E-state index contributed by atoms with van der Waals surface area (Å²) in [5.41, 5.74) is 8.37. The van der Waals surface area contributed by atoms with Gasteiger partial charge in [0.25, 0.3) is 0 Å². The predicted molar refractivity (Wildman–Crippen MR) is 80.7 cm³/mol. The van der Waals surface area contributed by atoms with Crippen molar-refractivity contribution in [3.63, 3.8) is 0 Å². The second-order valence-electron chi connectivity index (χ2n) is 4.48. The Labute approximate surface area is 121 Å². The summed E-state index contributed by atoms with van der Waals surface area (Å²) < 4.78 is 0. The standard InChI is InChI=1S/C16H11ClN2O/c17-13-6-8-15-12(9-13)5-7-14(19-15)10-1-3-11(4-2-10)16(18)20/h1-9H,(H2,18,20). The van der Waals surface area contributed by atoms with Gasteiger partial charge in [0.05, 0.1) is 11.2 Å². The summed E-state index contributed by atoms with van der Waals surface area (Å²) in [6, 6.07) is 16.6. The van der Waals surface area contributed by atoms with Crippen molar-refractivity contribution < 1.29 is 4.79 Å². The second-order valence-corrected chi connectivity index (χ2v) is 4.91. The molecule has 0 aliphatic carbocycles. The molecular formula is C16H11ClN2O. The average Bonchev–Trinajstić information content (AvgIpc) is 2.47. The number of halogens is 1. The van der Waals surface area contributed by atoms with Crippen LogP contribution in [0.2, 0.25) is 5.02 Å². The van der Waals surface area contributed by atoms with E-state index in [1.165, 1.54) is 0 Å². The molecule has 0 aliphatic rings. The van der Waals surface area contributed by atoms with E-state index in [0.717, 1.165) is 22.2 Å². The van der Waals surface area contributed by atoms with Crippen molar-refractivity contribution in [2.75, 3.05) is 0 Å². The van der Waals surface area contributed by atoms with E-state index in [0.29, 0.717) is 10.6 Å². The maximum atomic E-state index is 11.0. The highest BCUT2D eigenvalue weighted by molar-refractivity contribution is 6.31. The number of amides is 1. The number of hydrogen-bond acceptors (Lipinski definition) is 2. The first-order valence-electron chi connectivity index (χ1n) is 6.10. The third kappa shape index (κ3) is 2.36. The average molecular weight is 283 g/mol. The van der Waals surface area contributed by atoms with Gasteiger partial charge in [-0.15, -0.1) is 0 Å². The Morgan fingerprint density at radius 2 is 1.75 bits per heavy atom. The molecule has 0 spiro atoms. The molecule has 1 amide bonds. The number of benzene rings is 2. The van der Waals surface area contributed by atoms with Gasteiger partial charge in [-0.2, -0.15) is 0 Å². The molecule has 2 aromatic carbocycles. The molecule has 1 heterocycles. The van der Waals surface area contributed by atoms with Crippen molar-refractivity contribution in [2.45, 2.75) is 0 Å². The van der Waals surface area contributed by atoms with E-state index in [4.69, 9.17) is 17.3 Å². The van der Waals surface area contributed by atoms with Crippen LogP contribution >= 0.6 is 11.6 Å². The molecule has 0 unspecified atom stereocenters. The highest BCUT2D eigenvalue weighted by Gasteiger charge is 2.04. The fraction of sp³-hybridized carbons (Fsp3) is 0. The molecule has 1 aromatic heterocycles. The normalized spacial score (nSPS) is 10.7. The number of fused-ring (bicyclic) bond motifs is 1. The Kier molecular flexibility index (Phi) is 3.12. The number of nitrogens with two attached hydrogens (primary N) is 1. The zero-order valence-corrected chi connectivity index (χ0v) is 11.3. The maximum Gasteiger partial charge on any atom is 0.248 e. The summed E-state index contributed by atoms with van der Waals surface area (Å²) in [6.07, 6.45) is 0. The minimum atomic E-state index is -0.433. The molecule has 0 atom stereocenters. The Morgan fingerprint density at radius 3 is 2.45 bits per heavy atom. The highest BCUT2D eigenvalue weighted by Crippen LogP contribution is 2.23. The van der Waals surface area contributed by atoms with Crippen molar-refractivity contribution in [1.29, 1.82) is 0 Å². The molecule has 0 saturated carbocycles. The molecule has 0 saturated heterocycles. The lowest BCUT2D eigenvalue weighted by Gasteiger charge is -2.04. The minimum absolute atomic E-state index is 0.433. The molecule has 0 fully saturated rings. The van der Waals surface area contributed by atoms with Gasteiger partial charge in [-0.3, -0.25) is 4.79 Å². The molecule has 0 aliphatic heterocycles. The van der Waals surface area contributed by atoms with E-state index in [9.17, 15) is 4.79 Å². The van der Waals surface area contributed by atoms with Gasteiger partial charge in [0.1, 0.15) is 0 Å². The summed E-state index contributed by atoms with van der Waals surface area (Å²) >= 11 is 5.95. The molecule has 3 rings (SSSR count). The maximum absolute atomic E-state index is 11.0. The lowest BCUT2D eigenvalue weighted by atomic mass is 10.1. The molecule has 3 nitrogen and oxygen atoms in total. The number of hydrogen-bond donors (Lipinski definition) is 1. The molecule has 2 N–H and O–H groups in total. The minimum Gasteiger partial charge on any atom is -0.366 e. The highest BCUT2D eigenvalue weighted by atomic mass is 35.5. The molecule has 3 aromatic rings. The molecule has 0 bridgehead atoms. The van der Waals surface area contributed by atoms with Gasteiger partial charge in [0, 0.05) is 21.5 Å². The monoisotopic (exact) mass is 282 g/mol. The summed E-state index contributed by atoms with van der Waals surface area (Å²) in [5.74, 6) is -0.433.